The van der Waals surface area contributed by atoms with Gasteiger partial charge in [0.15, 0.2) is 5.65 Å². The number of hydrogen-bond acceptors (Lipinski definition) is 3. The molecule has 4 heteroatoms. The van der Waals surface area contributed by atoms with Gasteiger partial charge in [0.05, 0.1) is 11.4 Å². The quantitative estimate of drug-likeness (QED) is 0.564. The van der Waals surface area contributed by atoms with Crippen molar-refractivity contribution in [3.8, 4) is 17.0 Å². The van der Waals surface area contributed by atoms with E-state index >= 15 is 0 Å². The highest BCUT2D eigenvalue weighted by atomic mass is 16.5. The van der Waals surface area contributed by atoms with Crippen molar-refractivity contribution in [2.45, 2.75) is 13.5 Å². The first-order valence-electron chi connectivity index (χ1n) is 7.88. The van der Waals surface area contributed by atoms with E-state index in [1.54, 1.807) is 0 Å². The molecule has 0 aliphatic heterocycles. The van der Waals surface area contributed by atoms with E-state index in [2.05, 4.69) is 22.2 Å². The molecule has 0 saturated carbocycles. The van der Waals surface area contributed by atoms with Crippen LogP contribution in [0.3, 0.4) is 0 Å². The van der Waals surface area contributed by atoms with E-state index < -0.39 is 0 Å². The van der Waals surface area contributed by atoms with Gasteiger partial charge in [-0.25, -0.2) is 9.50 Å². The first-order chi connectivity index (χ1) is 11.8. The Bertz CT molecular complexity index is 959. The SMILES string of the molecule is Cc1cc2nccc(-c3ccc(OCc4ccccc4)cc3)n2n1. The van der Waals surface area contributed by atoms with Crippen molar-refractivity contribution < 1.29 is 4.74 Å². The molecule has 0 bridgehead atoms. The molecule has 118 valence electrons. The Morgan fingerprint density at radius 1 is 0.958 bits per heavy atom. The molecule has 24 heavy (non-hydrogen) atoms. The molecule has 0 aliphatic carbocycles. The standard InChI is InChI=1S/C20H17N3O/c1-15-13-20-21-12-11-19(23(20)22-15)17-7-9-18(10-8-17)24-14-16-5-3-2-4-6-16/h2-13H,14H2,1H3. The molecule has 4 rings (SSSR count). The largest absolute Gasteiger partial charge is 0.489 e. The van der Waals surface area contributed by atoms with Crippen LogP contribution in [0.2, 0.25) is 0 Å². The smallest absolute Gasteiger partial charge is 0.155 e. The van der Waals surface area contributed by atoms with Crippen LogP contribution in [0, 0.1) is 6.92 Å². The van der Waals surface area contributed by atoms with E-state index in [0.717, 1.165) is 33.9 Å². The minimum Gasteiger partial charge on any atom is -0.489 e. The second-order valence-corrected chi connectivity index (χ2v) is 5.68. The molecule has 0 spiro atoms. The summed E-state index contributed by atoms with van der Waals surface area (Å²) in [5.41, 5.74) is 5.07. The van der Waals surface area contributed by atoms with Crippen LogP contribution in [0.4, 0.5) is 0 Å². The first kappa shape index (κ1) is 14.5. The highest BCUT2D eigenvalue weighted by Gasteiger charge is 2.07. The van der Waals surface area contributed by atoms with Crippen LogP contribution < -0.4 is 4.74 Å². The van der Waals surface area contributed by atoms with Crippen molar-refractivity contribution in [3.63, 3.8) is 0 Å². The zero-order valence-corrected chi connectivity index (χ0v) is 13.4. The molecular weight excluding hydrogens is 298 g/mol. The fourth-order valence-electron chi connectivity index (χ4n) is 2.69. The van der Waals surface area contributed by atoms with Gasteiger partial charge < -0.3 is 4.74 Å². The Labute approximate surface area is 140 Å². The van der Waals surface area contributed by atoms with Crippen LogP contribution in [0.1, 0.15) is 11.3 Å². The summed E-state index contributed by atoms with van der Waals surface area (Å²) in [5, 5.41) is 4.51. The topological polar surface area (TPSA) is 39.4 Å². The van der Waals surface area contributed by atoms with Crippen LogP contribution in [0.25, 0.3) is 16.9 Å². The molecule has 2 aromatic heterocycles. The summed E-state index contributed by atoms with van der Waals surface area (Å²) in [6, 6.07) is 22.2. The van der Waals surface area contributed by atoms with Gasteiger partial charge in [-0.2, -0.15) is 5.10 Å². The van der Waals surface area contributed by atoms with Gasteiger partial charge in [0.1, 0.15) is 12.4 Å². The minimum absolute atomic E-state index is 0.567. The monoisotopic (exact) mass is 315 g/mol. The molecule has 0 atom stereocenters. The van der Waals surface area contributed by atoms with Crippen molar-refractivity contribution in [2.24, 2.45) is 0 Å². The number of fused-ring (bicyclic) bond motifs is 1. The lowest BCUT2D eigenvalue weighted by molar-refractivity contribution is 0.306. The Morgan fingerprint density at radius 2 is 1.75 bits per heavy atom. The van der Waals surface area contributed by atoms with E-state index in [-0.39, 0.29) is 0 Å². The van der Waals surface area contributed by atoms with Gasteiger partial charge in [0.2, 0.25) is 0 Å². The Morgan fingerprint density at radius 3 is 2.54 bits per heavy atom. The second kappa shape index (κ2) is 6.16. The number of ether oxygens (including phenoxy) is 1. The third kappa shape index (κ3) is 2.86. The number of aryl methyl sites for hydroxylation is 1. The van der Waals surface area contributed by atoms with Gasteiger partial charge in [-0.3, -0.25) is 0 Å². The van der Waals surface area contributed by atoms with Crippen LogP contribution in [-0.2, 0) is 6.61 Å². The van der Waals surface area contributed by atoms with Gasteiger partial charge in [-0.1, -0.05) is 30.3 Å². The lowest BCUT2D eigenvalue weighted by Gasteiger charge is -2.08. The molecular formula is C20H17N3O. The molecule has 0 saturated heterocycles. The summed E-state index contributed by atoms with van der Waals surface area (Å²) in [7, 11) is 0. The normalized spacial score (nSPS) is 10.9. The summed E-state index contributed by atoms with van der Waals surface area (Å²) in [5.74, 6) is 0.851. The number of hydrogen-bond donors (Lipinski definition) is 0. The van der Waals surface area contributed by atoms with E-state index in [4.69, 9.17) is 4.74 Å². The van der Waals surface area contributed by atoms with E-state index in [0.29, 0.717) is 6.61 Å². The summed E-state index contributed by atoms with van der Waals surface area (Å²) in [4.78, 5) is 4.34. The number of benzene rings is 2. The zero-order valence-electron chi connectivity index (χ0n) is 13.4. The highest BCUT2D eigenvalue weighted by Crippen LogP contribution is 2.23. The van der Waals surface area contributed by atoms with Crippen molar-refractivity contribution in [1.29, 1.82) is 0 Å². The number of nitrogens with zero attached hydrogens (tertiary/aromatic N) is 3. The Kier molecular flexibility index (Phi) is 3.71. The van der Waals surface area contributed by atoms with E-state index in [1.165, 1.54) is 0 Å². The van der Waals surface area contributed by atoms with Gasteiger partial charge >= 0.3 is 0 Å². The van der Waals surface area contributed by atoms with Crippen molar-refractivity contribution in [2.75, 3.05) is 0 Å². The Balaban J connectivity index is 1.57. The summed E-state index contributed by atoms with van der Waals surface area (Å²) >= 11 is 0. The maximum absolute atomic E-state index is 5.84. The average molecular weight is 315 g/mol. The van der Waals surface area contributed by atoms with E-state index in [9.17, 15) is 0 Å². The van der Waals surface area contributed by atoms with Crippen molar-refractivity contribution >= 4 is 5.65 Å². The average Bonchev–Trinajstić information content (AvgIpc) is 3.01. The maximum Gasteiger partial charge on any atom is 0.155 e. The Hall–Kier alpha value is -3.14. The van der Waals surface area contributed by atoms with Gasteiger partial charge in [0.25, 0.3) is 0 Å². The minimum atomic E-state index is 0.567. The zero-order chi connectivity index (χ0) is 16.4. The molecule has 0 amide bonds. The predicted molar refractivity (Wildman–Crippen MR) is 93.9 cm³/mol. The summed E-state index contributed by atoms with van der Waals surface area (Å²) in [6.07, 6.45) is 1.81. The van der Waals surface area contributed by atoms with Crippen molar-refractivity contribution in [3.05, 3.63) is 84.2 Å². The van der Waals surface area contributed by atoms with Crippen LogP contribution >= 0.6 is 0 Å². The molecule has 2 heterocycles. The summed E-state index contributed by atoms with van der Waals surface area (Å²) < 4.78 is 7.71. The van der Waals surface area contributed by atoms with E-state index in [1.807, 2.05) is 72.2 Å². The first-order valence-corrected chi connectivity index (χ1v) is 7.88. The third-order valence-corrected chi connectivity index (χ3v) is 3.88. The third-order valence-electron chi connectivity index (χ3n) is 3.88. The summed E-state index contributed by atoms with van der Waals surface area (Å²) in [6.45, 7) is 2.54. The van der Waals surface area contributed by atoms with Crippen LogP contribution in [0.15, 0.2) is 72.9 Å². The number of rotatable bonds is 4. The van der Waals surface area contributed by atoms with Crippen LogP contribution in [0.5, 0.6) is 5.75 Å². The van der Waals surface area contributed by atoms with Crippen LogP contribution in [-0.4, -0.2) is 14.6 Å². The fraction of sp³-hybridized carbons (Fsp3) is 0.100. The lowest BCUT2D eigenvalue weighted by atomic mass is 10.1. The molecule has 4 aromatic rings. The predicted octanol–water partition coefficient (Wildman–Crippen LogP) is 4.28. The van der Waals surface area contributed by atoms with Gasteiger partial charge in [-0.15, -0.1) is 0 Å². The molecule has 0 unspecified atom stereocenters. The number of aromatic nitrogens is 3. The second-order valence-electron chi connectivity index (χ2n) is 5.68. The fourth-order valence-corrected chi connectivity index (χ4v) is 2.69. The molecule has 0 radical (unpaired) electrons. The van der Waals surface area contributed by atoms with Gasteiger partial charge in [-0.05, 0) is 42.8 Å². The molecule has 0 aliphatic rings. The lowest BCUT2D eigenvalue weighted by Crippen LogP contribution is -1.97. The van der Waals surface area contributed by atoms with Gasteiger partial charge in [0, 0.05) is 17.8 Å². The molecule has 4 nitrogen and oxygen atoms in total. The molecule has 0 N–H and O–H groups in total. The highest BCUT2D eigenvalue weighted by molar-refractivity contribution is 5.63. The maximum atomic E-state index is 5.84. The molecule has 2 aromatic carbocycles. The molecule has 0 fully saturated rings. The van der Waals surface area contributed by atoms with Crippen molar-refractivity contribution in [1.82, 2.24) is 14.6 Å².